The van der Waals surface area contributed by atoms with Gasteiger partial charge in [0, 0.05) is 0 Å². The van der Waals surface area contributed by atoms with E-state index in [-0.39, 0.29) is 0 Å². The zero-order chi connectivity index (χ0) is 11.4. The summed E-state index contributed by atoms with van der Waals surface area (Å²) in [6, 6.07) is 8.66. The van der Waals surface area contributed by atoms with Crippen molar-refractivity contribution < 1.29 is 0 Å². The highest BCUT2D eigenvalue weighted by molar-refractivity contribution is 5.50. The molecule has 0 bridgehead atoms. The van der Waals surface area contributed by atoms with Crippen LogP contribution in [0.3, 0.4) is 0 Å². The molecule has 0 heteroatoms. The number of allylic oxidation sites excluding steroid dienone is 2. The SMILES string of the molecule is C=CC1CCC(/C=C/c2cccc(C)c2)C1. The first-order valence-electron chi connectivity index (χ1n) is 6.15. The van der Waals surface area contributed by atoms with E-state index < -0.39 is 0 Å². The molecule has 0 radical (unpaired) electrons. The van der Waals surface area contributed by atoms with Crippen LogP contribution in [-0.4, -0.2) is 0 Å². The first-order chi connectivity index (χ1) is 7.78. The van der Waals surface area contributed by atoms with Gasteiger partial charge in [0.1, 0.15) is 0 Å². The lowest BCUT2D eigenvalue weighted by molar-refractivity contribution is 0.641. The lowest BCUT2D eigenvalue weighted by Gasteiger charge is -2.02. The third-order valence-electron chi connectivity index (χ3n) is 3.45. The lowest BCUT2D eigenvalue weighted by atomic mass is 10.0. The Kier molecular flexibility index (Phi) is 3.61. The van der Waals surface area contributed by atoms with Crippen LogP contribution in [-0.2, 0) is 0 Å². The Morgan fingerprint density at radius 1 is 1.25 bits per heavy atom. The molecule has 0 spiro atoms. The van der Waals surface area contributed by atoms with Crippen molar-refractivity contribution >= 4 is 6.08 Å². The monoisotopic (exact) mass is 212 g/mol. The third-order valence-corrected chi connectivity index (χ3v) is 3.45. The van der Waals surface area contributed by atoms with Gasteiger partial charge in [-0.05, 0) is 43.6 Å². The van der Waals surface area contributed by atoms with Crippen LogP contribution >= 0.6 is 0 Å². The first kappa shape index (κ1) is 11.2. The highest BCUT2D eigenvalue weighted by Gasteiger charge is 2.19. The molecular formula is C16H20. The van der Waals surface area contributed by atoms with Crippen LogP contribution in [0.25, 0.3) is 6.08 Å². The molecule has 1 aliphatic rings. The van der Waals surface area contributed by atoms with Gasteiger partial charge < -0.3 is 0 Å². The molecular weight excluding hydrogens is 192 g/mol. The summed E-state index contributed by atoms with van der Waals surface area (Å²) in [6.07, 6.45) is 10.7. The van der Waals surface area contributed by atoms with E-state index in [2.05, 4.69) is 56.0 Å². The molecule has 2 atom stereocenters. The fourth-order valence-electron chi connectivity index (χ4n) is 2.46. The second-order valence-corrected chi connectivity index (χ2v) is 4.84. The molecule has 1 aromatic rings. The van der Waals surface area contributed by atoms with Gasteiger partial charge >= 0.3 is 0 Å². The van der Waals surface area contributed by atoms with Gasteiger partial charge in [0.15, 0.2) is 0 Å². The molecule has 0 amide bonds. The zero-order valence-corrected chi connectivity index (χ0v) is 10.0. The van der Waals surface area contributed by atoms with Crippen molar-refractivity contribution in [2.24, 2.45) is 11.8 Å². The van der Waals surface area contributed by atoms with E-state index in [1.807, 2.05) is 0 Å². The van der Waals surface area contributed by atoms with Gasteiger partial charge in [0.2, 0.25) is 0 Å². The molecule has 1 aromatic carbocycles. The summed E-state index contributed by atoms with van der Waals surface area (Å²) in [5.74, 6) is 1.50. The number of aryl methyl sites for hydroxylation is 1. The van der Waals surface area contributed by atoms with Gasteiger partial charge in [-0.2, -0.15) is 0 Å². The molecule has 1 aliphatic carbocycles. The Balaban J connectivity index is 1.97. The van der Waals surface area contributed by atoms with E-state index in [4.69, 9.17) is 0 Å². The molecule has 16 heavy (non-hydrogen) atoms. The first-order valence-corrected chi connectivity index (χ1v) is 6.15. The second-order valence-electron chi connectivity index (χ2n) is 4.84. The van der Waals surface area contributed by atoms with Crippen molar-refractivity contribution in [3.05, 3.63) is 54.1 Å². The molecule has 84 valence electrons. The molecule has 0 heterocycles. The highest BCUT2D eigenvalue weighted by atomic mass is 14.2. The minimum absolute atomic E-state index is 0.743. The van der Waals surface area contributed by atoms with Crippen LogP contribution in [0.4, 0.5) is 0 Å². The molecule has 2 rings (SSSR count). The Bertz CT molecular complexity index is 387. The standard InChI is InChI=1S/C16H20/c1-3-14-7-8-16(12-14)10-9-15-6-4-5-13(2)11-15/h3-6,9-11,14,16H,1,7-8,12H2,2H3/b10-9+. The summed E-state index contributed by atoms with van der Waals surface area (Å²) in [5.41, 5.74) is 2.65. The van der Waals surface area contributed by atoms with Gasteiger partial charge in [-0.15, -0.1) is 6.58 Å². The van der Waals surface area contributed by atoms with Crippen LogP contribution in [0.15, 0.2) is 43.0 Å². The van der Waals surface area contributed by atoms with E-state index in [1.54, 1.807) is 0 Å². The zero-order valence-electron chi connectivity index (χ0n) is 10.0. The number of benzene rings is 1. The molecule has 1 fully saturated rings. The summed E-state index contributed by atoms with van der Waals surface area (Å²) in [5, 5.41) is 0. The van der Waals surface area contributed by atoms with E-state index in [0.29, 0.717) is 0 Å². The Morgan fingerprint density at radius 2 is 2.06 bits per heavy atom. The van der Waals surface area contributed by atoms with Crippen LogP contribution in [0.5, 0.6) is 0 Å². The normalized spacial score (nSPS) is 25.1. The molecule has 2 unspecified atom stereocenters. The van der Waals surface area contributed by atoms with Crippen LogP contribution in [0.1, 0.15) is 30.4 Å². The average Bonchev–Trinajstić information content (AvgIpc) is 2.74. The average molecular weight is 212 g/mol. The largest absolute Gasteiger partial charge is 0.103 e. The van der Waals surface area contributed by atoms with Crippen molar-refractivity contribution in [3.63, 3.8) is 0 Å². The van der Waals surface area contributed by atoms with E-state index in [9.17, 15) is 0 Å². The fraction of sp³-hybridized carbons (Fsp3) is 0.375. The molecule has 0 saturated heterocycles. The Labute approximate surface area is 98.7 Å². The lowest BCUT2D eigenvalue weighted by Crippen LogP contribution is -1.89. The molecule has 0 aliphatic heterocycles. The maximum atomic E-state index is 3.88. The topological polar surface area (TPSA) is 0 Å². The quantitative estimate of drug-likeness (QED) is 0.642. The van der Waals surface area contributed by atoms with E-state index >= 15 is 0 Å². The summed E-state index contributed by atoms with van der Waals surface area (Å²) in [4.78, 5) is 0. The predicted octanol–water partition coefficient (Wildman–Crippen LogP) is 4.61. The summed E-state index contributed by atoms with van der Waals surface area (Å²) >= 11 is 0. The minimum Gasteiger partial charge on any atom is -0.103 e. The van der Waals surface area contributed by atoms with Crippen molar-refractivity contribution in [2.75, 3.05) is 0 Å². The summed E-state index contributed by atoms with van der Waals surface area (Å²) in [7, 11) is 0. The van der Waals surface area contributed by atoms with Crippen molar-refractivity contribution in [1.29, 1.82) is 0 Å². The Hall–Kier alpha value is -1.30. The summed E-state index contributed by atoms with van der Waals surface area (Å²) < 4.78 is 0. The third kappa shape index (κ3) is 2.85. The van der Waals surface area contributed by atoms with Crippen LogP contribution < -0.4 is 0 Å². The molecule has 0 aromatic heterocycles. The van der Waals surface area contributed by atoms with Gasteiger partial charge in [-0.3, -0.25) is 0 Å². The van der Waals surface area contributed by atoms with Crippen molar-refractivity contribution in [2.45, 2.75) is 26.2 Å². The minimum atomic E-state index is 0.743. The van der Waals surface area contributed by atoms with Gasteiger partial charge in [-0.1, -0.05) is 48.1 Å². The van der Waals surface area contributed by atoms with Crippen molar-refractivity contribution in [3.8, 4) is 0 Å². The van der Waals surface area contributed by atoms with Gasteiger partial charge in [0.05, 0.1) is 0 Å². The van der Waals surface area contributed by atoms with Gasteiger partial charge in [-0.25, -0.2) is 0 Å². The summed E-state index contributed by atoms with van der Waals surface area (Å²) in [6.45, 7) is 6.02. The number of rotatable bonds is 3. The number of hydrogen-bond donors (Lipinski definition) is 0. The molecule has 0 N–H and O–H groups in total. The number of hydrogen-bond acceptors (Lipinski definition) is 0. The van der Waals surface area contributed by atoms with Crippen LogP contribution in [0.2, 0.25) is 0 Å². The second kappa shape index (κ2) is 5.16. The molecule has 1 saturated carbocycles. The smallest absolute Gasteiger partial charge is 0.0224 e. The van der Waals surface area contributed by atoms with Crippen molar-refractivity contribution in [1.82, 2.24) is 0 Å². The van der Waals surface area contributed by atoms with E-state index in [1.165, 1.54) is 30.4 Å². The highest BCUT2D eigenvalue weighted by Crippen LogP contribution is 2.32. The Morgan fingerprint density at radius 3 is 2.75 bits per heavy atom. The van der Waals surface area contributed by atoms with Gasteiger partial charge in [0.25, 0.3) is 0 Å². The molecule has 0 nitrogen and oxygen atoms in total. The maximum Gasteiger partial charge on any atom is -0.0224 e. The fourth-order valence-corrected chi connectivity index (χ4v) is 2.46. The predicted molar refractivity (Wildman–Crippen MR) is 71.2 cm³/mol. The van der Waals surface area contributed by atoms with E-state index in [0.717, 1.165) is 11.8 Å². The maximum absolute atomic E-state index is 3.88. The van der Waals surface area contributed by atoms with Crippen LogP contribution in [0, 0.1) is 18.8 Å².